The van der Waals surface area contributed by atoms with Gasteiger partial charge in [0.05, 0.1) is 17.7 Å². The maximum atomic E-state index is 12.8. The molecule has 2 unspecified atom stereocenters. The molecule has 0 radical (unpaired) electrons. The summed E-state index contributed by atoms with van der Waals surface area (Å²) in [7, 11) is 1.79. The van der Waals surface area contributed by atoms with Gasteiger partial charge in [-0.1, -0.05) is 37.3 Å². The number of hydrogen-bond acceptors (Lipinski definition) is 4. The van der Waals surface area contributed by atoms with Crippen molar-refractivity contribution in [2.24, 2.45) is 24.6 Å². The summed E-state index contributed by atoms with van der Waals surface area (Å²) >= 11 is 0. The summed E-state index contributed by atoms with van der Waals surface area (Å²) in [6.45, 7) is 3.94. The number of piperidine rings is 1. The Balaban J connectivity index is 1.45. The second kappa shape index (κ2) is 9.01. The molecule has 150 valence electrons. The molecule has 7 nitrogen and oxygen atoms in total. The minimum absolute atomic E-state index is 0.103. The van der Waals surface area contributed by atoms with E-state index in [-0.39, 0.29) is 23.8 Å². The number of nitrogens with two attached hydrogens (primary N) is 1. The van der Waals surface area contributed by atoms with E-state index in [0.29, 0.717) is 31.1 Å². The van der Waals surface area contributed by atoms with Gasteiger partial charge in [-0.2, -0.15) is 5.10 Å². The van der Waals surface area contributed by atoms with Crippen LogP contribution in [0.4, 0.5) is 0 Å². The number of benzene rings is 1. The minimum Gasteiger partial charge on any atom is -0.352 e. The van der Waals surface area contributed by atoms with Crippen LogP contribution in [0.15, 0.2) is 42.7 Å². The zero-order valence-corrected chi connectivity index (χ0v) is 16.5. The Kier molecular flexibility index (Phi) is 6.46. The van der Waals surface area contributed by atoms with Gasteiger partial charge in [0, 0.05) is 38.9 Å². The average molecular weight is 383 g/mol. The molecule has 1 aromatic heterocycles. The van der Waals surface area contributed by atoms with E-state index >= 15 is 0 Å². The van der Waals surface area contributed by atoms with Crippen molar-refractivity contribution >= 4 is 11.8 Å². The third-order valence-electron chi connectivity index (χ3n) is 5.56. The van der Waals surface area contributed by atoms with Crippen LogP contribution in [0.25, 0.3) is 0 Å². The molecule has 1 aliphatic rings. The zero-order chi connectivity index (χ0) is 20.1. The Morgan fingerprint density at radius 2 is 1.93 bits per heavy atom. The standard InChI is InChI=1S/C21H29N5O2/c1-15(19(22)17-6-4-3-5-7-17)21(28)26-10-8-16(9-11-26)12-23-20(27)18-13-24-25(2)14-18/h3-7,13-16,19H,8-12,22H2,1-2H3,(H,23,27). The molecule has 2 aromatic rings. The lowest BCUT2D eigenvalue weighted by atomic mass is 9.91. The Hall–Kier alpha value is -2.67. The number of nitrogens with zero attached hydrogens (tertiary/aromatic N) is 3. The van der Waals surface area contributed by atoms with E-state index in [0.717, 1.165) is 18.4 Å². The predicted molar refractivity (Wildman–Crippen MR) is 107 cm³/mol. The number of amides is 2. The number of likely N-dealkylation sites (tertiary alicyclic amines) is 1. The fourth-order valence-corrected chi connectivity index (χ4v) is 3.64. The first-order valence-electron chi connectivity index (χ1n) is 9.82. The Morgan fingerprint density at radius 3 is 2.54 bits per heavy atom. The highest BCUT2D eigenvalue weighted by atomic mass is 16.2. The van der Waals surface area contributed by atoms with Crippen molar-refractivity contribution in [1.82, 2.24) is 20.0 Å². The van der Waals surface area contributed by atoms with Gasteiger partial charge in [0.25, 0.3) is 5.91 Å². The number of nitrogens with one attached hydrogen (secondary N) is 1. The maximum absolute atomic E-state index is 12.8. The fraction of sp³-hybridized carbons (Fsp3) is 0.476. The molecule has 3 rings (SSSR count). The Bertz CT molecular complexity index is 796. The van der Waals surface area contributed by atoms with E-state index in [2.05, 4.69) is 10.4 Å². The molecule has 1 aliphatic heterocycles. The van der Waals surface area contributed by atoms with E-state index in [1.165, 1.54) is 0 Å². The number of aryl methyl sites for hydroxylation is 1. The second-order valence-electron chi connectivity index (χ2n) is 7.61. The normalized spacial score (nSPS) is 17.2. The lowest BCUT2D eigenvalue weighted by Gasteiger charge is -2.35. The number of aromatic nitrogens is 2. The van der Waals surface area contributed by atoms with Crippen LogP contribution in [0.5, 0.6) is 0 Å². The quantitative estimate of drug-likeness (QED) is 0.794. The van der Waals surface area contributed by atoms with Crippen LogP contribution < -0.4 is 11.1 Å². The lowest BCUT2D eigenvalue weighted by Crippen LogP contribution is -2.45. The molecule has 0 saturated carbocycles. The first-order valence-corrected chi connectivity index (χ1v) is 9.82. The molecule has 3 N–H and O–H groups in total. The van der Waals surface area contributed by atoms with Crippen LogP contribution in [-0.2, 0) is 11.8 Å². The summed E-state index contributed by atoms with van der Waals surface area (Å²) < 4.78 is 1.61. The first-order chi connectivity index (χ1) is 13.5. The molecule has 0 bridgehead atoms. The number of carbonyl (C=O) groups excluding carboxylic acids is 2. The van der Waals surface area contributed by atoms with Crippen molar-refractivity contribution in [2.75, 3.05) is 19.6 Å². The summed E-state index contributed by atoms with van der Waals surface area (Å²) in [5, 5.41) is 6.99. The summed E-state index contributed by atoms with van der Waals surface area (Å²) in [4.78, 5) is 26.9. The van der Waals surface area contributed by atoms with E-state index in [1.807, 2.05) is 42.2 Å². The fourth-order valence-electron chi connectivity index (χ4n) is 3.64. The first kappa shape index (κ1) is 20.1. The number of hydrogen-bond donors (Lipinski definition) is 2. The molecule has 1 saturated heterocycles. The van der Waals surface area contributed by atoms with Gasteiger partial charge >= 0.3 is 0 Å². The van der Waals surface area contributed by atoms with Gasteiger partial charge in [0.15, 0.2) is 0 Å². The SMILES string of the molecule is CC(C(=O)N1CCC(CNC(=O)c2cnn(C)c2)CC1)C(N)c1ccccc1. The smallest absolute Gasteiger partial charge is 0.254 e. The number of rotatable bonds is 6. The Labute approximate surface area is 165 Å². The highest BCUT2D eigenvalue weighted by Crippen LogP contribution is 2.24. The monoisotopic (exact) mass is 383 g/mol. The summed E-state index contributed by atoms with van der Waals surface area (Å²) in [6, 6.07) is 9.46. The van der Waals surface area contributed by atoms with Gasteiger partial charge in [0.2, 0.25) is 5.91 Å². The van der Waals surface area contributed by atoms with Crippen LogP contribution >= 0.6 is 0 Å². The highest BCUT2D eigenvalue weighted by Gasteiger charge is 2.29. The molecule has 1 aromatic carbocycles. The molecule has 0 aliphatic carbocycles. The van der Waals surface area contributed by atoms with Crippen LogP contribution in [0.1, 0.15) is 41.7 Å². The number of carbonyl (C=O) groups is 2. The van der Waals surface area contributed by atoms with Crippen LogP contribution in [0.2, 0.25) is 0 Å². The molecular weight excluding hydrogens is 354 g/mol. The van der Waals surface area contributed by atoms with Crippen molar-refractivity contribution < 1.29 is 9.59 Å². The van der Waals surface area contributed by atoms with Crippen molar-refractivity contribution in [3.8, 4) is 0 Å². The third-order valence-corrected chi connectivity index (χ3v) is 5.56. The van der Waals surface area contributed by atoms with Gasteiger partial charge in [-0.25, -0.2) is 0 Å². The highest BCUT2D eigenvalue weighted by molar-refractivity contribution is 5.93. The molecular formula is C21H29N5O2. The summed E-state index contributed by atoms with van der Waals surface area (Å²) in [5.74, 6) is 0.121. The van der Waals surface area contributed by atoms with Gasteiger partial charge < -0.3 is 16.0 Å². The van der Waals surface area contributed by atoms with E-state index < -0.39 is 0 Å². The zero-order valence-electron chi connectivity index (χ0n) is 16.5. The van der Waals surface area contributed by atoms with Crippen LogP contribution in [-0.4, -0.2) is 46.1 Å². The second-order valence-corrected chi connectivity index (χ2v) is 7.61. The molecule has 7 heteroatoms. The molecule has 0 spiro atoms. The maximum Gasteiger partial charge on any atom is 0.254 e. The van der Waals surface area contributed by atoms with Crippen molar-refractivity contribution in [1.29, 1.82) is 0 Å². The van der Waals surface area contributed by atoms with Gasteiger partial charge in [-0.05, 0) is 24.3 Å². The van der Waals surface area contributed by atoms with E-state index in [4.69, 9.17) is 5.73 Å². The lowest BCUT2D eigenvalue weighted by molar-refractivity contribution is -0.137. The van der Waals surface area contributed by atoms with Crippen molar-refractivity contribution in [3.05, 3.63) is 53.9 Å². The van der Waals surface area contributed by atoms with E-state index in [9.17, 15) is 9.59 Å². The predicted octanol–water partition coefficient (Wildman–Crippen LogP) is 1.72. The molecule has 2 atom stereocenters. The van der Waals surface area contributed by atoms with E-state index in [1.54, 1.807) is 24.1 Å². The molecule has 2 heterocycles. The Morgan fingerprint density at radius 1 is 1.25 bits per heavy atom. The molecule has 28 heavy (non-hydrogen) atoms. The molecule has 1 fully saturated rings. The minimum atomic E-state index is -0.301. The molecule has 2 amide bonds. The third kappa shape index (κ3) is 4.78. The summed E-state index contributed by atoms with van der Waals surface area (Å²) in [6.07, 6.45) is 5.03. The van der Waals surface area contributed by atoms with Crippen LogP contribution in [0, 0.1) is 11.8 Å². The average Bonchev–Trinajstić information content (AvgIpc) is 3.18. The summed E-state index contributed by atoms with van der Waals surface area (Å²) in [5.41, 5.74) is 7.86. The van der Waals surface area contributed by atoms with Crippen LogP contribution in [0.3, 0.4) is 0 Å². The van der Waals surface area contributed by atoms with Gasteiger partial charge in [0.1, 0.15) is 0 Å². The van der Waals surface area contributed by atoms with Crippen molar-refractivity contribution in [2.45, 2.75) is 25.8 Å². The van der Waals surface area contributed by atoms with Crippen molar-refractivity contribution in [3.63, 3.8) is 0 Å². The van der Waals surface area contributed by atoms with Gasteiger partial charge in [-0.3, -0.25) is 14.3 Å². The topological polar surface area (TPSA) is 93.2 Å². The largest absolute Gasteiger partial charge is 0.352 e. The van der Waals surface area contributed by atoms with Gasteiger partial charge in [-0.15, -0.1) is 0 Å².